The lowest BCUT2D eigenvalue weighted by Crippen LogP contribution is -2.44. The molecule has 8 nitrogen and oxygen atoms in total. The first-order valence-electron chi connectivity index (χ1n) is 13.6. The lowest BCUT2D eigenvalue weighted by molar-refractivity contribution is 0.0964. The summed E-state index contributed by atoms with van der Waals surface area (Å²) in [7, 11) is 7.59. The Morgan fingerprint density at radius 1 is 1.08 bits per heavy atom. The molecule has 0 aliphatic carbocycles. The molecule has 1 saturated heterocycles. The zero-order chi connectivity index (χ0) is 26.8. The molecule has 0 atom stereocenters. The number of fused-ring (bicyclic) bond motifs is 2. The molecule has 0 bridgehead atoms. The Kier molecular flexibility index (Phi) is 7.61. The SMILES string of the molecule is CNC(=O)c1cc(=O)n(CCN2CCC(N(C)c3ccc4c(c3)CCCN4C)CC2)c2cc(OC)ccc12. The van der Waals surface area contributed by atoms with Gasteiger partial charge in [-0.3, -0.25) is 9.59 Å². The number of amides is 1. The minimum atomic E-state index is -0.262. The number of pyridine rings is 1. The molecule has 202 valence electrons. The van der Waals surface area contributed by atoms with Crippen LogP contribution in [0.2, 0.25) is 0 Å². The summed E-state index contributed by atoms with van der Waals surface area (Å²) in [6.45, 7) is 4.47. The summed E-state index contributed by atoms with van der Waals surface area (Å²) in [6, 6.07) is 14.4. The molecule has 8 heteroatoms. The number of rotatable bonds is 7. The Morgan fingerprint density at radius 3 is 2.61 bits per heavy atom. The van der Waals surface area contributed by atoms with Crippen LogP contribution >= 0.6 is 0 Å². The van der Waals surface area contributed by atoms with Gasteiger partial charge in [0.15, 0.2) is 0 Å². The average Bonchev–Trinajstić information content (AvgIpc) is 2.95. The third-order valence-corrected chi connectivity index (χ3v) is 8.36. The highest BCUT2D eigenvalue weighted by atomic mass is 16.5. The van der Waals surface area contributed by atoms with Gasteiger partial charge in [0.2, 0.25) is 0 Å². The number of aromatic nitrogens is 1. The molecule has 0 unspecified atom stereocenters. The number of piperidine rings is 1. The van der Waals surface area contributed by atoms with E-state index in [9.17, 15) is 9.59 Å². The number of anilines is 2. The van der Waals surface area contributed by atoms with E-state index in [4.69, 9.17) is 4.74 Å². The molecule has 3 aromatic rings. The zero-order valence-electron chi connectivity index (χ0n) is 23.0. The molecule has 1 amide bonds. The fraction of sp³-hybridized carbons (Fsp3) is 0.467. The minimum Gasteiger partial charge on any atom is -0.497 e. The topological polar surface area (TPSA) is 70.1 Å². The maximum atomic E-state index is 13.1. The number of hydrogen-bond donors (Lipinski definition) is 1. The van der Waals surface area contributed by atoms with Gasteiger partial charge < -0.3 is 29.3 Å². The van der Waals surface area contributed by atoms with Gasteiger partial charge in [-0.2, -0.15) is 0 Å². The van der Waals surface area contributed by atoms with Crippen LogP contribution in [0.1, 0.15) is 35.2 Å². The van der Waals surface area contributed by atoms with E-state index in [1.165, 1.54) is 29.4 Å². The van der Waals surface area contributed by atoms with Gasteiger partial charge in [0.1, 0.15) is 5.75 Å². The molecule has 1 aromatic heterocycles. The van der Waals surface area contributed by atoms with E-state index in [1.807, 2.05) is 18.2 Å². The Balaban J connectivity index is 1.26. The second-order valence-corrected chi connectivity index (χ2v) is 10.5. The summed E-state index contributed by atoms with van der Waals surface area (Å²) in [5.74, 6) is 0.402. The van der Waals surface area contributed by atoms with Gasteiger partial charge >= 0.3 is 0 Å². The lowest BCUT2D eigenvalue weighted by Gasteiger charge is -2.38. The maximum Gasteiger partial charge on any atom is 0.251 e. The number of nitrogens with one attached hydrogen (secondary N) is 1. The standard InChI is InChI=1S/C30H39N5O3/c1-31-30(37)26-20-29(36)35(28-19-24(38-4)8-9-25(26)28)17-16-34-14-11-22(12-15-34)33(3)23-7-10-27-21(18-23)6-5-13-32(27)2/h7-10,18-20,22H,5-6,11-17H2,1-4H3,(H,31,37). The fourth-order valence-corrected chi connectivity index (χ4v) is 6.01. The van der Waals surface area contributed by atoms with E-state index in [1.54, 1.807) is 18.7 Å². The van der Waals surface area contributed by atoms with Crippen LogP contribution in [0, 0.1) is 0 Å². The van der Waals surface area contributed by atoms with Crippen LogP contribution in [0.4, 0.5) is 11.4 Å². The first kappa shape index (κ1) is 26.1. The summed E-state index contributed by atoms with van der Waals surface area (Å²) in [5.41, 5.74) is 5.08. The summed E-state index contributed by atoms with van der Waals surface area (Å²) in [4.78, 5) is 32.8. The third kappa shape index (κ3) is 5.10. The first-order chi connectivity index (χ1) is 18.4. The quantitative estimate of drug-likeness (QED) is 0.519. The normalized spacial score (nSPS) is 16.4. The number of aryl methyl sites for hydroxylation is 1. The highest BCUT2D eigenvalue weighted by Gasteiger charge is 2.24. The highest BCUT2D eigenvalue weighted by molar-refractivity contribution is 6.06. The van der Waals surface area contributed by atoms with Crippen LogP contribution in [0.3, 0.4) is 0 Å². The van der Waals surface area contributed by atoms with E-state index < -0.39 is 0 Å². The van der Waals surface area contributed by atoms with E-state index in [-0.39, 0.29) is 11.5 Å². The predicted octanol–water partition coefficient (Wildman–Crippen LogP) is 3.35. The van der Waals surface area contributed by atoms with E-state index in [0.29, 0.717) is 23.9 Å². The molecule has 0 radical (unpaired) electrons. The number of carbonyl (C=O) groups is 1. The maximum absolute atomic E-state index is 13.1. The van der Waals surface area contributed by atoms with Crippen molar-refractivity contribution in [1.82, 2.24) is 14.8 Å². The second-order valence-electron chi connectivity index (χ2n) is 10.5. The van der Waals surface area contributed by atoms with Crippen molar-refractivity contribution in [2.45, 2.75) is 38.3 Å². The average molecular weight is 518 g/mol. The molecule has 0 saturated carbocycles. The van der Waals surface area contributed by atoms with Crippen molar-refractivity contribution < 1.29 is 9.53 Å². The van der Waals surface area contributed by atoms with E-state index in [0.717, 1.165) is 56.3 Å². The minimum absolute atomic E-state index is 0.169. The fourth-order valence-electron chi connectivity index (χ4n) is 6.01. The van der Waals surface area contributed by atoms with Gasteiger partial charge in [0.05, 0.1) is 18.2 Å². The van der Waals surface area contributed by atoms with Crippen molar-refractivity contribution in [3.8, 4) is 5.75 Å². The monoisotopic (exact) mass is 517 g/mol. The number of hydrogen-bond acceptors (Lipinski definition) is 6. The van der Waals surface area contributed by atoms with Crippen molar-refractivity contribution in [2.75, 3.05) is 64.2 Å². The molecule has 38 heavy (non-hydrogen) atoms. The van der Waals surface area contributed by atoms with E-state index in [2.05, 4.69) is 52.3 Å². The van der Waals surface area contributed by atoms with Gasteiger partial charge in [0.25, 0.3) is 11.5 Å². The lowest BCUT2D eigenvalue weighted by atomic mass is 9.99. The van der Waals surface area contributed by atoms with Crippen LogP contribution < -0.4 is 25.4 Å². The highest BCUT2D eigenvalue weighted by Crippen LogP contribution is 2.31. The molecule has 1 fully saturated rings. The summed E-state index contributed by atoms with van der Waals surface area (Å²) < 4.78 is 7.18. The Labute approximate surface area is 224 Å². The van der Waals surface area contributed by atoms with Gasteiger partial charge in [-0.15, -0.1) is 0 Å². The zero-order valence-corrected chi connectivity index (χ0v) is 23.0. The van der Waals surface area contributed by atoms with Gasteiger partial charge in [-0.25, -0.2) is 0 Å². The van der Waals surface area contributed by atoms with Crippen molar-refractivity contribution in [3.05, 3.63) is 63.9 Å². The molecule has 2 aliphatic heterocycles. The summed E-state index contributed by atoms with van der Waals surface area (Å²) in [5, 5.41) is 3.39. The Hall–Kier alpha value is -3.52. The number of likely N-dealkylation sites (tertiary alicyclic amines) is 1. The largest absolute Gasteiger partial charge is 0.497 e. The smallest absolute Gasteiger partial charge is 0.251 e. The van der Waals surface area contributed by atoms with Gasteiger partial charge in [-0.1, -0.05) is 0 Å². The van der Waals surface area contributed by atoms with Crippen molar-refractivity contribution in [1.29, 1.82) is 0 Å². The predicted molar refractivity (Wildman–Crippen MR) is 154 cm³/mol. The molecular weight excluding hydrogens is 478 g/mol. The Morgan fingerprint density at radius 2 is 1.87 bits per heavy atom. The van der Waals surface area contributed by atoms with Gasteiger partial charge in [-0.05, 0) is 61.6 Å². The van der Waals surface area contributed by atoms with E-state index >= 15 is 0 Å². The van der Waals surface area contributed by atoms with Crippen molar-refractivity contribution in [2.24, 2.45) is 0 Å². The molecular formula is C30H39N5O3. The van der Waals surface area contributed by atoms with Crippen LogP contribution in [0.5, 0.6) is 5.75 Å². The number of methoxy groups -OCH3 is 1. The molecule has 5 rings (SSSR count). The molecule has 3 heterocycles. The van der Waals surface area contributed by atoms with Crippen LogP contribution in [0.15, 0.2) is 47.3 Å². The molecule has 1 N–H and O–H groups in total. The number of carbonyl (C=O) groups excluding carboxylic acids is 1. The Bertz CT molecular complexity index is 1380. The number of benzene rings is 2. The van der Waals surface area contributed by atoms with Crippen molar-refractivity contribution in [3.63, 3.8) is 0 Å². The molecule has 2 aliphatic rings. The molecule has 2 aromatic carbocycles. The first-order valence-corrected chi connectivity index (χ1v) is 13.6. The van der Waals surface area contributed by atoms with Gasteiger partial charge in [0, 0.05) is 88.8 Å². The van der Waals surface area contributed by atoms with Crippen LogP contribution in [-0.2, 0) is 13.0 Å². The summed E-state index contributed by atoms with van der Waals surface area (Å²) in [6.07, 6.45) is 4.55. The van der Waals surface area contributed by atoms with Crippen molar-refractivity contribution >= 4 is 28.2 Å². The third-order valence-electron chi connectivity index (χ3n) is 8.36. The second kappa shape index (κ2) is 11.1. The number of ether oxygens (including phenoxy) is 1. The van der Waals surface area contributed by atoms with Crippen LogP contribution in [-0.4, -0.2) is 75.8 Å². The summed E-state index contributed by atoms with van der Waals surface area (Å²) >= 11 is 0. The van der Waals surface area contributed by atoms with Crippen LogP contribution in [0.25, 0.3) is 10.9 Å². The molecule has 0 spiro atoms. The number of nitrogens with zero attached hydrogens (tertiary/aromatic N) is 4.